The molecule has 0 N–H and O–H groups in total. The van der Waals surface area contributed by atoms with Gasteiger partial charge in [0.1, 0.15) is 5.75 Å². The summed E-state index contributed by atoms with van der Waals surface area (Å²) in [6.45, 7) is 0. The molecule has 0 heterocycles. The summed E-state index contributed by atoms with van der Waals surface area (Å²) in [6.07, 6.45) is 3.10. The third kappa shape index (κ3) is 1.95. The number of carbonyl (C=O) groups is 1. The van der Waals surface area contributed by atoms with Gasteiger partial charge in [0, 0.05) is 6.42 Å². The summed E-state index contributed by atoms with van der Waals surface area (Å²) in [5, 5.41) is 0. The second-order valence-electron chi connectivity index (χ2n) is 3.77. The predicted molar refractivity (Wildman–Crippen MR) is 54.7 cm³/mol. The van der Waals surface area contributed by atoms with Crippen LogP contribution in [0.3, 0.4) is 0 Å². The van der Waals surface area contributed by atoms with Crippen LogP contribution in [0.4, 0.5) is 0 Å². The first kappa shape index (κ1) is 9.25. The van der Waals surface area contributed by atoms with Crippen LogP contribution >= 0.6 is 0 Å². The lowest BCUT2D eigenvalue weighted by Crippen LogP contribution is -2.02. The highest BCUT2D eigenvalue weighted by Gasteiger charge is 2.25. The van der Waals surface area contributed by atoms with E-state index in [1.54, 1.807) is 7.11 Å². The second kappa shape index (κ2) is 3.82. The maximum Gasteiger partial charge on any atom is 0.166 e. The van der Waals surface area contributed by atoms with E-state index in [0.29, 0.717) is 18.1 Å². The Morgan fingerprint density at radius 3 is 2.79 bits per heavy atom. The first-order valence-corrected chi connectivity index (χ1v) is 4.97. The lowest BCUT2D eigenvalue weighted by Gasteiger charge is -2.06. The fourth-order valence-electron chi connectivity index (χ4n) is 1.57. The fraction of sp³-hybridized carbons (Fsp3) is 0.417. The Morgan fingerprint density at radius 2 is 2.14 bits per heavy atom. The minimum atomic E-state index is 0.213. The van der Waals surface area contributed by atoms with E-state index in [4.69, 9.17) is 4.74 Å². The highest BCUT2D eigenvalue weighted by Crippen LogP contribution is 2.34. The molecule has 1 aliphatic rings. The molecule has 14 heavy (non-hydrogen) atoms. The minimum Gasteiger partial charge on any atom is -0.496 e. The molecule has 0 radical (unpaired) electrons. The van der Waals surface area contributed by atoms with Crippen LogP contribution in [0.15, 0.2) is 24.3 Å². The first-order chi connectivity index (χ1) is 6.81. The number of ether oxygens (including phenoxy) is 1. The van der Waals surface area contributed by atoms with Crippen molar-refractivity contribution in [3.05, 3.63) is 29.8 Å². The van der Waals surface area contributed by atoms with E-state index in [9.17, 15) is 4.79 Å². The van der Waals surface area contributed by atoms with E-state index in [2.05, 4.69) is 0 Å². The van der Waals surface area contributed by atoms with Gasteiger partial charge in [0.2, 0.25) is 0 Å². The van der Waals surface area contributed by atoms with Gasteiger partial charge < -0.3 is 4.74 Å². The van der Waals surface area contributed by atoms with Gasteiger partial charge in [-0.1, -0.05) is 12.1 Å². The molecular formula is C12H14O2. The number of para-hydroxylation sites is 1. The Morgan fingerprint density at radius 1 is 1.43 bits per heavy atom. The zero-order chi connectivity index (χ0) is 9.97. The average Bonchev–Trinajstić information content (AvgIpc) is 3.01. The average molecular weight is 190 g/mol. The number of benzene rings is 1. The van der Waals surface area contributed by atoms with Gasteiger partial charge in [0.05, 0.1) is 12.7 Å². The summed E-state index contributed by atoms with van der Waals surface area (Å²) < 4.78 is 5.15. The van der Waals surface area contributed by atoms with Gasteiger partial charge in [-0.05, 0) is 30.9 Å². The molecule has 2 heteroatoms. The van der Waals surface area contributed by atoms with Gasteiger partial charge in [-0.25, -0.2) is 0 Å². The summed E-state index contributed by atoms with van der Waals surface area (Å²) in [4.78, 5) is 11.8. The Hall–Kier alpha value is -1.31. The van der Waals surface area contributed by atoms with Gasteiger partial charge in [-0.3, -0.25) is 4.79 Å². The Bertz CT molecular complexity index is 340. The maximum absolute atomic E-state index is 11.8. The molecule has 0 aliphatic heterocycles. The van der Waals surface area contributed by atoms with Gasteiger partial charge in [-0.2, -0.15) is 0 Å². The molecule has 0 spiro atoms. The van der Waals surface area contributed by atoms with Crippen molar-refractivity contribution in [1.82, 2.24) is 0 Å². The molecule has 0 saturated heterocycles. The maximum atomic E-state index is 11.8. The Balaban J connectivity index is 2.16. The van der Waals surface area contributed by atoms with Crippen molar-refractivity contribution in [1.29, 1.82) is 0 Å². The molecule has 2 rings (SSSR count). The molecule has 0 amide bonds. The number of rotatable bonds is 4. The monoisotopic (exact) mass is 190 g/mol. The zero-order valence-electron chi connectivity index (χ0n) is 8.32. The van der Waals surface area contributed by atoms with Crippen molar-refractivity contribution in [2.24, 2.45) is 5.92 Å². The second-order valence-corrected chi connectivity index (χ2v) is 3.77. The van der Waals surface area contributed by atoms with Crippen LogP contribution in [0.5, 0.6) is 5.75 Å². The molecule has 1 saturated carbocycles. The van der Waals surface area contributed by atoms with Crippen molar-refractivity contribution >= 4 is 5.78 Å². The molecule has 1 aromatic rings. The highest BCUT2D eigenvalue weighted by molar-refractivity contribution is 5.98. The minimum absolute atomic E-state index is 0.213. The topological polar surface area (TPSA) is 26.3 Å². The van der Waals surface area contributed by atoms with Gasteiger partial charge in [0.15, 0.2) is 5.78 Å². The number of methoxy groups -OCH3 is 1. The van der Waals surface area contributed by atoms with Crippen molar-refractivity contribution < 1.29 is 9.53 Å². The van der Waals surface area contributed by atoms with E-state index in [1.807, 2.05) is 24.3 Å². The number of hydrogen-bond acceptors (Lipinski definition) is 2. The third-order valence-corrected chi connectivity index (χ3v) is 2.58. The molecule has 1 aromatic carbocycles. The highest BCUT2D eigenvalue weighted by atomic mass is 16.5. The summed E-state index contributed by atoms with van der Waals surface area (Å²) in [5.41, 5.74) is 0.724. The smallest absolute Gasteiger partial charge is 0.166 e. The number of carbonyl (C=O) groups excluding carboxylic acids is 1. The van der Waals surface area contributed by atoms with E-state index in [-0.39, 0.29) is 5.78 Å². The predicted octanol–water partition coefficient (Wildman–Crippen LogP) is 2.68. The van der Waals surface area contributed by atoms with Crippen LogP contribution in [0, 0.1) is 5.92 Å². The molecule has 1 aliphatic carbocycles. The molecule has 1 fully saturated rings. The zero-order valence-corrected chi connectivity index (χ0v) is 8.32. The van der Waals surface area contributed by atoms with Gasteiger partial charge in [-0.15, -0.1) is 0 Å². The fourth-order valence-corrected chi connectivity index (χ4v) is 1.57. The molecule has 0 atom stereocenters. The summed E-state index contributed by atoms with van der Waals surface area (Å²) >= 11 is 0. The quantitative estimate of drug-likeness (QED) is 0.682. The van der Waals surface area contributed by atoms with E-state index >= 15 is 0 Å². The van der Waals surface area contributed by atoms with Gasteiger partial charge >= 0.3 is 0 Å². The molecule has 0 unspecified atom stereocenters. The number of hydrogen-bond donors (Lipinski definition) is 0. The number of ketones is 1. The largest absolute Gasteiger partial charge is 0.496 e. The van der Waals surface area contributed by atoms with Crippen molar-refractivity contribution in [3.63, 3.8) is 0 Å². The summed E-state index contributed by atoms with van der Waals surface area (Å²) in [5.74, 6) is 1.54. The SMILES string of the molecule is COc1ccccc1C(=O)CC1CC1. The van der Waals surface area contributed by atoms with Crippen molar-refractivity contribution in [2.45, 2.75) is 19.3 Å². The van der Waals surface area contributed by atoms with E-state index in [1.165, 1.54) is 12.8 Å². The van der Waals surface area contributed by atoms with Crippen LogP contribution in [0.25, 0.3) is 0 Å². The lowest BCUT2D eigenvalue weighted by molar-refractivity contribution is 0.0973. The van der Waals surface area contributed by atoms with E-state index < -0.39 is 0 Å². The van der Waals surface area contributed by atoms with Crippen LogP contribution in [-0.4, -0.2) is 12.9 Å². The Labute approximate surface area is 83.9 Å². The molecule has 0 aromatic heterocycles. The molecule has 74 valence electrons. The first-order valence-electron chi connectivity index (χ1n) is 4.97. The lowest BCUT2D eigenvalue weighted by atomic mass is 10.1. The Kier molecular flexibility index (Phi) is 2.53. The summed E-state index contributed by atoms with van der Waals surface area (Å²) in [6, 6.07) is 7.43. The van der Waals surface area contributed by atoms with Crippen LogP contribution < -0.4 is 4.74 Å². The van der Waals surface area contributed by atoms with Crippen molar-refractivity contribution in [3.8, 4) is 5.75 Å². The van der Waals surface area contributed by atoms with Crippen molar-refractivity contribution in [2.75, 3.05) is 7.11 Å². The molecule has 2 nitrogen and oxygen atoms in total. The number of Topliss-reactive ketones (excluding diaryl/α,β-unsaturated/α-hetero) is 1. The van der Waals surface area contributed by atoms with Crippen LogP contribution in [0.2, 0.25) is 0 Å². The van der Waals surface area contributed by atoms with Crippen LogP contribution in [-0.2, 0) is 0 Å². The molecule has 0 bridgehead atoms. The van der Waals surface area contributed by atoms with Gasteiger partial charge in [0.25, 0.3) is 0 Å². The van der Waals surface area contributed by atoms with E-state index in [0.717, 1.165) is 5.56 Å². The summed E-state index contributed by atoms with van der Waals surface area (Å²) in [7, 11) is 1.60. The standard InChI is InChI=1S/C12H14O2/c1-14-12-5-3-2-4-10(12)11(13)8-9-6-7-9/h2-5,9H,6-8H2,1H3. The molecular weight excluding hydrogens is 176 g/mol. The van der Waals surface area contributed by atoms with Crippen LogP contribution in [0.1, 0.15) is 29.6 Å². The third-order valence-electron chi connectivity index (χ3n) is 2.58. The normalized spacial score (nSPS) is 15.2.